The fraction of sp³-hybridized carbons (Fsp3) is 0.462. The SMILES string of the molecule is N#Cc1cccc(CSCC2CCCO2)c1F. The van der Waals surface area contributed by atoms with Crippen molar-refractivity contribution in [3.05, 3.63) is 35.1 Å². The van der Waals surface area contributed by atoms with Gasteiger partial charge in [-0.15, -0.1) is 0 Å². The van der Waals surface area contributed by atoms with Crippen molar-refractivity contribution in [3.8, 4) is 6.07 Å². The smallest absolute Gasteiger partial charge is 0.144 e. The second-order valence-corrected chi connectivity index (χ2v) is 5.07. The van der Waals surface area contributed by atoms with Gasteiger partial charge in [0.05, 0.1) is 11.7 Å². The Hall–Kier alpha value is -1.05. The highest BCUT2D eigenvalue weighted by atomic mass is 32.2. The van der Waals surface area contributed by atoms with Gasteiger partial charge in [0.2, 0.25) is 0 Å². The van der Waals surface area contributed by atoms with Gasteiger partial charge in [-0.3, -0.25) is 0 Å². The molecule has 90 valence electrons. The third-order valence-electron chi connectivity index (χ3n) is 2.78. The van der Waals surface area contributed by atoms with Crippen LogP contribution in [0.25, 0.3) is 0 Å². The molecular formula is C13H14FNOS. The maximum atomic E-state index is 13.7. The lowest BCUT2D eigenvalue weighted by Gasteiger charge is -2.09. The van der Waals surface area contributed by atoms with Crippen LogP contribution in [-0.2, 0) is 10.5 Å². The maximum absolute atomic E-state index is 13.7. The van der Waals surface area contributed by atoms with E-state index < -0.39 is 0 Å². The van der Waals surface area contributed by atoms with Crippen LogP contribution in [0.1, 0.15) is 24.0 Å². The zero-order valence-electron chi connectivity index (χ0n) is 9.49. The lowest BCUT2D eigenvalue weighted by atomic mass is 10.1. The van der Waals surface area contributed by atoms with Crippen LogP contribution in [0, 0.1) is 17.1 Å². The lowest BCUT2D eigenvalue weighted by Crippen LogP contribution is -2.08. The van der Waals surface area contributed by atoms with Crippen LogP contribution in [-0.4, -0.2) is 18.5 Å². The topological polar surface area (TPSA) is 33.0 Å². The molecule has 0 spiro atoms. The molecule has 0 N–H and O–H groups in total. The summed E-state index contributed by atoms with van der Waals surface area (Å²) in [6, 6.07) is 6.82. The predicted molar refractivity (Wildman–Crippen MR) is 66.3 cm³/mol. The summed E-state index contributed by atoms with van der Waals surface area (Å²) >= 11 is 1.66. The lowest BCUT2D eigenvalue weighted by molar-refractivity contribution is 0.129. The first kappa shape index (κ1) is 12.4. The third kappa shape index (κ3) is 3.21. The van der Waals surface area contributed by atoms with Crippen molar-refractivity contribution in [3.63, 3.8) is 0 Å². The molecule has 1 heterocycles. The van der Waals surface area contributed by atoms with E-state index >= 15 is 0 Å². The zero-order chi connectivity index (χ0) is 12.1. The van der Waals surface area contributed by atoms with E-state index in [1.54, 1.807) is 23.9 Å². The van der Waals surface area contributed by atoms with Crippen LogP contribution in [0.5, 0.6) is 0 Å². The van der Waals surface area contributed by atoms with E-state index in [0.29, 0.717) is 17.4 Å². The highest BCUT2D eigenvalue weighted by molar-refractivity contribution is 7.98. The zero-order valence-corrected chi connectivity index (χ0v) is 10.3. The second-order valence-electron chi connectivity index (χ2n) is 4.04. The second kappa shape index (κ2) is 6.04. The molecule has 1 aliphatic heterocycles. The van der Waals surface area contributed by atoms with E-state index in [1.807, 2.05) is 6.07 Å². The van der Waals surface area contributed by atoms with Crippen LogP contribution in [0.2, 0.25) is 0 Å². The van der Waals surface area contributed by atoms with E-state index in [9.17, 15) is 4.39 Å². The Morgan fingerprint density at radius 1 is 1.53 bits per heavy atom. The van der Waals surface area contributed by atoms with Crippen LogP contribution >= 0.6 is 11.8 Å². The normalized spacial score (nSPS) is 19.2. The molecule has 1 saturated heterocycles. The van der Waals surface area contributed by atoms with Crippen molar-refractivity contribution < 1.29 is 9.13 Å². The highest BCUT2D eigenvalue weighted by Crippen LogP contribution is 2.22. The average molecular weight is 251 g/mol. The monoisotopic (exact) mass is 251 g/mol. The van der Waals surface area contributed by atoms with Crippen LogP contribution in [0.3, 0.4) is 0 Å². The quantitative estimate of drug-likeness (QED) is 0.824. The summed E-state index contributed by atoms with van der Waals surface area (Å²) < 4.78 is 19.2. The van der Waals surface area contributed by atoms with Crippen molar-refractivity contribution in [1.82, 2.24) is 0 Å². The van der Waals surface area contributed by atoms with Gasteiger partial charge in [-0.1, -0.05) is 12.1 Å². The first-order chi connectivity index (χ1) is 8.31. The minimum absolute atomic E-state index is 0.125. The Morgan fingerprint density at radius 3 is 3.12 bits per heavy atom. The number of thioether (sulfide) groups is 1. The Bertz CT molecular complexity index is 424. The van der Waals surface area contributed by atoms with Crippen LogP contribution in [0.4, 0.5) is 4.39 Å². The third-order valence-corrected chi connectivity index (χ3v) is 3.91. The van der Waals surface area contributed by atoms with Gasteiger partial charge < -0.3 is 4.74 Å². The number of halogens is 1. The largest absolute Gasteiger partial charge is 0.377 e. The summed E-state index contributed by atoms with van der Waals surface area (Å²) in [6.07, 6.45) is 2.55. The predicted octanol–water partition coefficient (Wildman–Crippen LogP) is 3.11. The number of benzene rings is 1. The molecule has 2 rings (SSSR count). The molecule has 1 unspecified atom stereocenters. The molecule has 2 nitrogen and oxygen atoms in total. The summed E-state index contributed by atoms with van der Waals surface area (Å²) in [6.45, 7) is 0.851. The average Bonchev–Trinajstić information content (AvgIpc) is 2.84. The Labute approximate surface area is 105 Å². The van der Waals surface area contributed by atoms with Gasteiger partial charge >= 0.3 is 0 Å². The number of nitriles is 1. The van der Waals surface area contributed by atoms with Crippen LogP contribution < -0.4 is 0 Å². The molecule has 1 aromatic rings. The minimum Gasteiger partial charge on any atom is -0.377 e. The number of nitrogens with zero attached hydrogens (tertiary/aromatic N) is 1. The van der Waals surface area contributed by atoms with Gasteiger partial charge in [-0.2, -0.15) is 17.0 Å². The van der Waals surface area contributed by atoms with Gasteiger partial charge in [-0.25, -0.2) is 4.39 Å². The van der Waals surface area contributed by atoms with Gasteiger partial charge in [0.1, 0.15) is 11.9 Å². The van der Waals surface area contributed by atoms with E-state index in [-0.39, 0.29) is 11.4 Å². The molecule has 1 aromatic carbocycles. The van der Waals surface area contributed by atoms with Gasteiger partial charge in [-0.05, 0) is 24.5 Å². The number of hydrogen-bond donors (Lipinski definition) is 0. The summed E-state index contributed by atoms with van der Waals surface area (Å²) in [5, 5.41) is 8.72. The van der Waals surface area contributed by atoms with Crippen molar-refractivity contribution in [1.29, 1.82) is 5.26 Å². The Morgan fingerprint density at radius 2 is 2.41 bits per heavy atom. The van der Waals surface area contributed by atoms with Gasteiger partial charge in [0.25, 0.3) is 0 Å². The molecular weight excluding hydrogens is 237 g/mol. The molecule has 17 heavy (non-hydrogen) atoms. The van der Waals surface area contributed by atoms with E-state index in [0.717, 1.165) is 25.2 Å². The maximum Gasteiger partial charge on any atom is 0.144 e. The summed E-state index contributed by atoms with van der Waals surface area (Å²) in [7, 11) is 0. The Balaban J connectivity index is 1.88. The van der Waals surface area contributed by atoms with E-state index in [1.165, 1.54) is 6.07 Å². The van der Waals surface area contributed by atoms with Gasteiger partial charge in [0.15, 0.2) is 0 Å². The molecule has 0 bridgehead atoms. The van der Waals surface area contributed by atoms with E-state index in [2.05, 4.69) is 0 Å². The van der Waals surface area contributed by atoms with E-state index in [4.69, 9.17) is 10.00 Å². The summed E-state index contributed by atoms with van der Waals surface area (Å²) in [4.78, 5) is 0. The first-order valence-corrected chi connectivity index (χ1v) is 6.83. The number of rotatable bonds is 4. The van der Waals surface area contributed by atoms with Gasteiger partial charge in [0, 0.05) is 18.1 Å². The summed E-state index contributed by atoms with van der Waals surface area (Å²) in [5.74, 6) is 1.12. The summed E-state index contributed by atoms with van der Waals surface area (Å²) in [5.41, 5.74) is 0.729. The number of ether oxygens (including phenoxy) is 1. The minimum atomic E-state index is -0.380. The van der Waals surface area contributed by atoms with Crippen molar-refractivity contribution in [2.45, 2.75) is 24.7 Å². The fourth-order valence-electron chi connectivity index (χ4n) is 1.85. The molecule has 1 fully saturated rings. The van der Waals surface area contributed by atoms with Crippen molar-refractivity contribution in [2.24, 2.45) is 0 Å². The Kier molecular flexibility index (Phi) is 4.41. The molecule has 0 radical (unpaired) electrons. The van der Waals surface area contributed by atoms with Crippen molar-refractivity contribution >= 4 is 11.8 Å². The molecule has 4 heteroatoms. The molecule has 0 saturated carbocycles. The highest BCUT2D eigenvalue weighted by Gasteiger charge is 2.15. The standard InChI is InChI=1S/C13H14FNOS/c14-13-10(7-15)3-1-4-11(13)8-17-9-12-5-2-6-16-12/h1,3-4,12H,2,5-6,8-9H2. The number of hydrogen-bond acceptors (Lipinski definition) is 3. The fourth-order valence-corrected chi connectivity index (χ4v) is 2.94. The molecule has 0 aromatic heterocycles. The molecule has 1 atom stereocenters. The molecule has 0 amide bonds. The molecule has 1 aliphatic rings. The van der Waals surface area contributed by atoms with Crippen molar-refractivity contribution in [2.75, 3.05) is 12.4 Å². The first-order valence-electron chi connectivity index (χ1n) is 5.68. The molecule has 0 aliphatic carbocycles. The van der Waals surface area contributed by atoms with Crippen LogP contribution in [0.15, 0.2) is 18.2 Å².